The van der Waals surface area contributed by atoms with Crippen molar-refractivity contribution >= 4 is 0 Å². The fourth-order valence-electron chi connectivity index (χ4n) is 1.16. The van der Waals surface area contributed by atoms with Crippen LogP contribution in [-0.2, 0) is 0 Å². The predicted molar refractivity (Wildman–Crippen MR) is 35.8 cm³/mol. The van der Waals surface area contributed by atoms with Gasteiger partial charge in [0.15, 0.2) is 0 Å². The summed E-state index contributed by atoms with van der Waals surface area (Å²) in [6.45, 7) is -0.904. The summed E-state index contributed by atoms with van der Waals surface area (Å²) >= 11 is 0. The van der Waals surface area contributed by atoms with E-state index < -0.39 is 30.8 Å². The van der Waals surface area contributed by atoms with E-state index in [-0.39, 0.29) is 6.54 Å². The number of piperidine rings is 1. The summed E-state index contributed by atoms with van der Waals surface area (Å²) in [5.41, 5.74) is 0. The molecule has 72 valence electrons. The van der Waals surface area contributed by atoms with Crippen LogP contribution < -0.4 is 5.32 Å². The first-order valence-electron chi connectivity index (χ1n) is 3.58. The van der Waals surface area contributed by atoms with Crippen LogP contribution in [-0.4, -0.2) is 52.6 Å². The van der Waals surface area contributed by atoms with Crippen LogP contribution in [0.25, 0.3) is 0 Å². The van der Waals surface area contributed by atoms with Crippen molar-refractivity contribution in [2.75, 3.05) is 13.2 Å². The standard InChI is InChI=1S/C6H11F2NO3/c7-6(8)4(2-10)9-1-3(11)5(6)12/h3-5,9-12H,1-2H2/t3-,4+,5+/m0/s1. The highest BCUT2D eigenvalue weighted by molar-refractivity contribution is 4.97. The molecule has 4 N–H and O–H groups in total. The largest absolute Gasteiger partial charge is 0.395 e. The molecule has 1 rings (SSSR count). The molecule has 1 aliphatic heterocycles. The fraction of sp³-hybridized carbons (Fsp3) is 1.00. The van der Waals surface area contributed by atoms with Gasteiger partial charge in [0, 0.05) is 6.54 Å². The molecule has 0 aromatic carbocycles. The number of hydrogen-bond acceptors (Lipinski definition) is 4. The van der Waals surface area contributed by atoms with Gasteiger partial charge in [0.1, 0.15) is 6.10 Å². The van der Waals surface area contributed by atoms with E-state index in [9.17, 15) is 8.78 Å². The third-order valence-corrected chi connectivity index (χ3v) is 1.98. The normalized spacial score (nSPS) is 41.2. The summed E-state index contributed by atoms with van der Waals surface area (Å²) in [6, 6.07) is -1.48. The Morgan fingerprint density at radius 1 is 1.42 bits per heavy atom. The van der Waals surface area contributed by atoms with Crippen LogP contribution >= 0.6 is 0 Å². The van der Waals surface area contributed by atoms with Crippen molar-refractivity contribution in [1.82, 2.24) is 5.32 Å². The number of hydrogen-bond donors (Lipinski definition) is 4. The molecule has 6 heteroatoms. The molecular weight excluding hydrogens is 172 g/mol. The second kappa shape index (κ2) is 3.21. The van der Waals surface area contributed by atoms with E-state index in [0.717, 1.165) is 0 Å². The van der Waals surface area contributed by atoms with E-state index in [1.807, 2.05) is 0 Å². The number of β-amino-alcohol motifs (C(OH)–C–C–N with tert-alkyl or cyclic N) is 1. The Morgan fingerprint density at radius 2 is 2.00 bits per heavy atom. The van der Waals surface area contributed by atoms with E-state index in [4.69, 9.17) is 15.3 Å². The number of rotatable bonds is 1. The molecule has 1 saturated heterocycles. The molecule has 0 aliphatic carbocycles. The van der Waals surface area contributed by atoms with Gasteiger partial charge in [-0.2, -0.15) is 0 Å². The van der Waals surface area contributed by atoms with Crippen molar-refractivity contribution in [2.45, 2.75) is 24.2 Å². The molecule has 1 fully saturated rings. The van der Waals surface area contributed by atoms with Crippen molar-refractivity contribution in [1.29, 1.82) is 0 Å². The maximum Gasteiger partial charge on any atom is 0.293 e. The van der Waals surface area contributed by atoms with E-state index >= 15 is 0 Å². The zero-order valence-corrected chi connectivity index (χ0v) is 6.24. The lowest BCUT2D eigenvalue weighted by molar-refractivity contribution is -0.193. The van der Waals surface area contributed by atoms with E-state index in [0.29, 0.717) is 0 Å². The first-order valence-corrected chi connectivity index (χ1v) is 3.58. The maximum atomic E-state index is 12.9. The van der Waals surface area contributed by atoms with Crippen molar-refractivity contribution in [3.63, 3.8) is 0 Å². The number of aliphatic hydroxyl groups excluding tert-OH is 3. The fourth-order valence-corrected chi connectivity index (χ4v) is 1.16. The number of alkyl halides is 2. The highest BCUT2D eigenvalue weighted by Gasteiger charge is 2.52. The van der Waals surface area contributed by atoms with E-state index in [2.05, 4.69) is 5.32 Å². The average molecular weight is 183 g/mol. The molecule has 0 unspecified atom stereocenters. The van der Waals surface area contributed by atoms with Crippen molar-refractivity contribution in [2.24, 2.45) is 0 Å². The van der Waals surface area contributed by atoms with Crippen molar-refractivity contribution in [3.05, 3.63) is 0 Å². The Labute approximate surface area is 67.8 Å². The maximum absolute atomic E-state index is 12.9. The van der Waals surface area contributed by atoms with Gasteiger partial charge in [-0.3, -0.25) is 0 Å². The minimum atomic E-state index is -3.48. The smallest absolute Gasteiger partial charge is 0.293 e. The summed E-state index contributed by atoms with van der Waals surface area (Å²) in [5.74, 6) is -3.48. The summed E-state index contributed by atoms with van der Waals surface area (Å²) in [5, 5.41) is 28.4. The third-order valence-electron chi connectivity index (χ3n) is 1.98. The van der Waals surface area contributed by atoms with Crippen molar-refractivity contribution in [3.8, 4) is 0 Å². The molecule has 0 amide bonds. The minimum Gasteiger partial charge on any atom is -0.395 e. The molecule has 0 radical (unpaired) electrons. The zero-order chi connectivity index (χ0) is 9.35. The molecule has 1 heterocycles. The first-order chi connectivity index (χ1) is 5.50. The Balaban J connectivity index is 2.73. The quantitative estimate of drug-likeness (QED) is 0.391. The van der Waals surface area contributed by atoms with Gasteiger partial charge in [0.2, 0.25) is 0 Å². The summed E-state index contributed by atoms with van der Waals surface area (Å²) in [7, 11) is 0. The lowest BCUT2D eigenvalue weighted by atomic mass is 9.95. The topological polar surface area (TPSA) is 72.7 Å². The number of halogens is 2. The van der Waals surface area contributed by atoms with Crippen LogP contribution in [0.3, 0.4) is 0 Å². The summed E-state index contributed by atoms with van der Waals surface area (Å²) in [6.07, 6.45) is -3.58. The highest BCUT2D eigenvalue weighted by atomic mass is 19.3. The van der Waals surface area contributed by atoms with Crippen molar-refractivity contribution < 1.29 is 24.1 Å². The van der Waals surface area contributed by atoms with Crippen LogP contribution in [0.4, 0.5) is 8.78 Å². The van der Waals surface area contributed by atoms with E-state index in [1.165, 1.54) is 0 Å². The Bertz CT molecular complexity index is 163. The number of aliphatic hydroxyl groups is 3. The van der Waals surface area contributed by atoms with Crippen LogP contribution in [0.1, 0.15) is 0 Å². The first kappa shape index (κ1) is 9.79. The lowest BCUT2D eigenvalue weighted by Crippen LogP contribution is -2.65. The molecule has 0 aromatic rings. The molecule has 3 atom stereocenters. The van der Waals surface area contributed by atoms with Crippen LogP contribution in [0, 0.1) is 0 Å². The number of nitrogens with one attached hydrogen (secondary N) is 1. The molecule has 0 bridgehead atoms. The summed E-state index contributed by atoms with van der Waals surface area (Å²) in [4.78, 5) is 0. The van der Waals surface area contributed by atoms with Gasteiger partial charge >= 0.3 is 0 Å². The third kappa shape index (κ3) is 1.42. The van der Waals surface area contributed by atoms with Gasteiger partial charge in [-0.1, -0.05) is 0 Å². The molecular formula is C6H11F2NO3. The molecule has 4 nitrogen and oxygen atoms in total. The van der Waals surface area contributed by atoms with Gasteiger partial charge in [0.25, 0.3) is 5.92 Å². The Hall–Kier alpha value is -0.300. The second-order valence-corrected chi connectivity index (χ2v) is 2.83. The van der Waals surface area contributed by atoms with Gasteiger partial charge < -0.3 is 20.6 Å². The average Bonchev–Trinajstić information content (AvgIpc) is 2.01. The molecule has 12 heavy (non-hydrogen) atoms. The van der Waals surface area contributed by atoms with Crippen LogP contribution in [0.2, 0.25) is 0 Å². The molecule has 0 aromatic heterocycles. The van der Waals surface area contributed by atoms with Gasteiger partial charge in [-0.25, -0.2) is 8.78 Å². The Kier molecular flexibility index (Phi) is 2.62. The highest BCUT2D eigenvalue weighted by Crippen LogP contribution is 2.28. The van der Waals surface area contributed by atoms with E-state index in [1.54, 1.807) is 0 Å². The monoisotopic (exact) mass is 183 g/mol. The lowest BCUT2D eigenvalue weighted by Gasteiger charge is -2.37. The summed E-state index contributed by atoms with van der Waals surface area (Å²) < 4.78 is 25.8. The SMILES string of the molecule is OC[C@H]1NC[C@H](O)[C@@H](O)C1(F)F. The van der Waals surface area contributed by atoms with Crippen LogP contribution in [0.5, 0.6) is 0 Å². The minimum absolute atomic E-state index is 0.137. The van der Waals surface area contributed by atoms with Gasteiger partial charge in [0.05, 0.1) is 18.8 Å². The van der Waals surface area contributed by atoms with Gasteiger partial charge in [-0.05, 0) is 0 Å². The zero-order valence-electron chi connectivity index (χ0n) is 6.24. The Morgan fingerprint density at radius 3 is 2.50 bits per heavy atom. The predicted octanol–water partition coefficient (Wildman–Crippen LogP) is -1.69. The molecule has 1 aliphatic rings. The molecule has 0 saturated carbocycles. The second-order valence-electron chi connectivity index (χ2n) is 2.83. The molecule has 0 spiro atoms. The van der Waals surface area contributed by atoms with Crippen LogP contribution in [0.15, 0.2) is 0 Å². The van der Waals surface area contributed by atoms with Gasteiger partial charge in [-0.15, -0.1) is 0 Å².